The first-order valence-electron chi connectivity index (χ1n) is 5.66. The lowest BCUT2D eigenvalue weighted by Crippen LogP contribution is -2.14. The predicted molar refractivity (Wildman–Crippen MR) is 63.2 cm³/mol. The van der Waals surface area contributed by atoms with Crippen LogP contribution in [-0.4, -0.2) is 13.1 Å². The molecule has 0 bridgehead atoms. The van der Waals surface area contributed by atoms with E-state index in [0.717, 1.165) is 24.9 Å². The first-order chi connectivity index (χ1) is 7.70. The van der Waals surface area contributed by atoms with E-state index < -0.39 is 0 Å². The zero-order valence-electron chi connectivity index (χ0n) is 9.53. The smallest absolute Gasteiger partial charge is 0.306 e. The molecule has 0 radical (unpaired) electrons. The first-order valence-corrected chi connectivity index (χ1v) is 5.66. The molecule has 0 fully saturated rings. The second-order valence-corrected chi connectivity index (χ2v) is 4.33. The normalized spacial score (nSPS) is 18.9. The van der Waals surface area contributed by atoms with Gasteiger partial charge in [-0.25, -0.2) is 0 Å². The van der Waals surface area contributed by atoms with Gasteiger partial charge in [0.25, 0.3) is 0 Å². The fraction of sp³-hybridized carbons (Fsp3) is 0.462. The topological polar surface area (TPSA) is 52.3 Å². The Bertz CT molecular complexity index is 401. The van der Waals surface area contributed by atoms with Gasteiger partial charge in [-0.3, -0.25) is 4.79 Å². The molecule has 0 aromatic heterocycles. The van der Waals surface area contributed by atoms with Crippen LogP contribution < -0.4 is 5.73 Å². The Morgan fingerprint density at radius 3 is 3.12 bits per heavy atom. The molecule has 1 atom stereocenters. The SMILES string of the molecule is COC(=O)CC1CCCc2cc(N)ccc21. The molecule has 0 spiro atoms. The molecule has 86 valence electrons. The molecule has 0 amide bonds. The van der Waals surface area contributed by atoms with Crippen molar-refractivity contribution in [1.29, 1.82) is 0 Å². The predicted octanol–water partition coefficient (Wildman–Crippen LogP) is 2.25. The fourth-order valence-corrected chi connectivity index (χ4v) is 2.43. The highest BCUT2D eigenvalue weighted by Crippen LogP contribution is 2.34. The van der Waals surface area contributed by atoms with Crippen LogP contribution in [0.3, 0.4) is 0 Å². The first kappa shape index (κ1) is 11.0. The molecule has 3 nitrogen and oxygen atoms in total. The highest BCUT2D eigenvalue weighted by molar-refractivity contribution is 5.70. The molecule has 0 aliphatic heterocycles. The van der Waals surface area contributed by atoms with Gasteiger partial charge < -0.3 is 10.5 Å². The summed E-state index contributed by atoms with van der Waals surface area (Å²) in [4.78, 5) is 11.3. The van der Waals surface area contributed by atoms with E-state index in [-0.39, 0.29) is 5.97 Å². The Hall–Kier alpha value is -1.51. The second kappa shape index (κ2) is 4.56. The van der Waals surface area contributed by atoms with Gasteiger partial charge in [0.05, 0.1) is 13.5 Å². The fourth-order valence-electron chi connectivity index (χ4n) is 2.43. The summed E-state index contributed by atoms with van der Waals surface area (Å²) in [5, 5.41) is 0. The number of aryl methyl sites for hydroxylation is 1. The number of ether oxygens (including phenoxy) is 1. The Kier molecular flexibility index (Phi) is 3.13. The molecule has 2 N–H and O–H groups in total. The summed E-state index contributed by atoms with van der Waals surface area (Å²) in [5.41, 5.74) is 9.13. The molecular formula is C13H17NO2. The van der Waals surface area contributed by atoms with Crippen molar-refractivity contribution in [3.8, 4) is 0 Å². The van der Waals surface area contributed by atoms with Crippen LogP contribution in [0, 0.1) is 0 Å². The third kappa shape index (κ3) is 2.18. The molecule has 1 unspecified atom stereocenters. The maximum atomic E-state index is 11.3. The summed E-state index contributed by atoms with van der Waals surface area (Å²) in [6, 6.07) is 5.99. The van der Waals surface area contributed by atoms with Gasteiger partial charge in [-0.05, 0) is 48.4 Å². The average molecular weight is 219 g/mol. The minimum Gasteiger partial charge on any atom is -0.469 e. The van der Waals surface area contributed by atoms with E-state index in [1.807, 2.05) is 12.1 Å². The number of nitrogen functional groups attached to an aromatic ring is 1. The highest BCUT2D eigenvalue weighted by atomic mass is 16.5. The molecule has 3 heteroatoms. The van der Waals surface area contributed by atoms with Crippen LogP contribution in [0.5, 0.6) is 0 Å². The molecule has 1 aliphatic rings. The Balaban J connectivity index is 2.23. The summed E-state index contributed by atoms with van der Waals surface area (Å²) in [6.07, 6.45) is 3.73. The van der Waals surface area contributed by atoms with E-state index in [4.69, 9.17) is 10.5 Å². The number of esters is 1. The molecule has 2 rings (SSSR count). The Morgan fingerprint density at radius 1 is 1.56 bits per heavy atom. The number of fused-ring (bicyclic) bond motifs is 1. The summed E-state index contributed by atoms with van der Waals surface area (Å²) in [6.45, 7) is 0. The van der Waals surface area contributed by atoms with Crippen LogP contribution in [0.4, 0.5) is 5.69 Å². The van der Waals surface area contributed by atoms with Crippen molar-refractivity contribution in [2.45, 2.75) is 31.6 Å². The number of carbonyl (C=O) groups excluding carboxylic acids is 1. The molecule has 0 saturated carbocycles. The van der Waals surface area contributed by atoms with E-state index in [0.29, 0.717) is 12.3 Å². The van der Waals surface area contributed by atoms with Crippen molar-refractivity contribution < 1.29 is 9.53 Å². The third-order valence-electron chi connectivity index (χ3n) is 3.25. The highest BCUT2D eigenvalue weighted by Gasteiger charge is 2.22. The number of anilines is 1. The van der Waals surface area contributed by atoms with E-state index in [2.05, 4.69) is 6.07 Å². The molecule has 1 aromatic carbocycles. The van der Waals surface area contributed by atoms with Gasteiger partial charge in [-0.2, -0.15) is 0 Å². The van der Waals surface area contributed by atoms with Crippen LogP contribution in [0.2, 0.25) is 0 Å². The lowest BCUT2D eigenvalue weighted by Gasteiger charge is -2.24. The van der Waals surface area contributed by atoms with Crippen LogP contribution >= 0.6 is 0 Å². The zero-order valence-corrected chi connectivity index (χ0v) is 9.53. The number of hydrogen-bond acceptors (Lipinski definition) is 3. The number of nitrogens with two attached hydrogens (primary N) is 1. The molecular weight excluding hydrogens is 202 g/mol. The van der Waals surface area contributed by atoms with Gasteiger partial charge in [0.1, 0.15) is 0 Å². The van der Waals surface area contributed by atoms with Gasteiger partial charge in [-0.1, -0.05) is 6.07 Å². The summed E-state index contributed by atoms with van der Waals surface area (Å²) < 4.78 is 4.73. The third-order valence-corrected chi connectivity index (χ3v) is 3.25. The lowest BCUT2D eigenvalue weighted by atomic mass is 9.81. The van der Waals surface area contributed by atoms with Gasteiger partial charge >= 0.3 is 5.97 Å². The Morgan fingerprint density at radius 2 is 2.38 bits per heavy atom. The van der Waals surface area contributed by atoms with Crippen LogP contribution in [-0.2, 0) is 16.0 Å². The number of carbonyl (C=O) groups is 1. The van der Waals surface area contributed by atoms with E-state index in [1.54, 1.807) is 0 Å². The maximum absolute atomic E-state index is 11.3. The van der Waals surface area contributed by atoms with Gasteiger partial charge in [0, 0.05) is 5.69 Å². The van der Waals surface area contributed by atoms with Crippen LogP contribution in [0.1, 0.15) is 36.3 Å². The molecule has 0 saturated heterocycles. The van der Waals surface area contributed by atoms with Gasteiger partial charge in [-0.15, -0.1) is 0 Å². The molecule has 16 heavy (non-hydrogen) atoms. The quantitative estimate of drug-likeness (QED) is 0.613. The molecule has 0 heterocycles. The molecule has 1 aromatic rings. The largest absolute Gasteiger partial charge is 0.469 e. The van der Waals surface area contributed by atoms with Crippen molar-refractivity contribution in [3.05, 3.63) is 29.3 Å². The van der Waals surface area contributed by atoms with Crippen molar-refractivity contribution in [3.63, 3.8) is 0 Å². The van der Waals surface area contributed by atoms with Crippen molar-refractivity contribution in [2.24, 2.45) is 0 Å². The number of benzene rings is 1. The van der Waals surface area contributed by atoms with E-state index in [1.165, 1.54) is 18.2 Å². The van der Waals surface area contributed by atoms with E-state index >= 15 is 0 Å². The summed E-state index contributed by atoms with van der Waals surface area (Å²) >= 11 is 0. The average Bonchev–Trinajstić information content (AvgIpc) is 2.28. The van der Waals surface area contributed by atoms with Crippen molar-refractivity contribution in [1.82, 2.24) is 0 Å². The van der Waals surface area contributed by atoms with Gasteiger partial charge in [0.15, 0.2) is 0 Å². The van der Waals surface area contributed by atoms with E-state index in [9.17, 15) is 4.79 Å². The standard InChI is InChI=1S/C13H17NO2/c1-16-13(15)8-10-4-2-3-9-7-11(14)5-6-12(9)10/h5-7,10H,2-4,8,14H2,1H3. The number of hydrogen-bond donors (Lipinski definition) is 1. The minimum absolute atomic E-state index is 0.130. The molecule has 1 aliphatic carbocycles. The lowest BCUT2D eigenvalue weighted by molar-refractivity contribution is -0.141. The summed E-state index contributed by atoms with van der Waals surface area (Å²) in [7, 11) is 1.44. The number of rotatable bonds is 2. The van der Waals surface area contributed by atoms with Crippen molar-refractivity contribution >= 4 is 11.7 Å². The van der Waals surface area contributed by atoms with Crippen LogP contribution in [0.25, 0.3) is 0 Å². The number of methoxy groups -OCH3 is 1. The Labute approximate surface area is 95.6 Å². The monoisotopic (exact) mass is 219 g/mol. The van der Waals surface area contributed by atoms with Gasteiger partial charge in [0.2, 0.25) is 0 Å². The van der Waals surface area contributed by atoms with Crippen molar-refractivity contribution in [2.75, 3.05) is 12.8 Å². The minimum atomic E-state index is -0.130. The second-order valence-electron chi connectivity index (χ2n) is 4.33. The van der Waals surface area contributed by atoms with Crippen LogP contribution in [0.15, 0.2) is 18.2 Å². The summed E-state index contributed by atoms with van der Waals surface area (Å²) in [5.74, 6) is 0.173. The maximum Gasteiger partial charge on any atom is 0.306 e. The zero-order chi connectivity index (χ0) is 11.5.